The molecule has 0 amide bonds. The van der Waals surface area contributed by atoms with Crippen LogP contribution in [0.2, 0.25) is 0 Å². The topological polar surface area (TPSA) is 9.23 Å². The van der Waals surface area contributed by atoms with Gasteiger partial charge in [0, 0.05) is 0 Å². The smallest absolute Gasteiger partial charge is 0.119 e. The van der Waals surface area contributed by atoms with E-state index in [-0.39, 0.29) is 0 Å². The third-order valence-corrected chi connectivity index (χ3v) is 3.53. The van der Waals surface area contributed by atoms with Crippen molar-refractivity contribution in [2.45, 2.75) is 32.6 Å². The molecular weight excluding hydrogens is 256 g/mol. The summed E-state index contributed by atoms with van der Waals surface area (Å²) in [4.78, 5) is 0. The zero-order chi connectivity index (χ0) is 14.9. The maximum Gasteiger partial charge on any atom is 0.119 e. The van der Waals surface area contributed by atoms with Gasteiger partial charge in [-0.3, -0.25) is 0 Å². The van der Waals surface area contributed by atoms with E-state index in [1.54, 1.807) is 0 Å². The molecule has 0 aliphatic carbocycles. The number of benzene rings is 2. The molecular formula is C20H24O. The third kappa shape index (κ3) is 5.47. The van der Waals surface area contributed by atoms with E-state index in [4.69, 9.17) is 4.74 Å². The van der Waals surface area contributed by atoms with Gasteiger partial charge in [0.1, 0.15) is 5.75 Å². The zero-order valence-electron chi connectivity index (χ0n) is 12.8. The van der Waals surface area contributed by atoms with Crippen molar-refractivity contribution in [1.82, 2.24) is 0 Å². The lowest BCUT2D eigenvalue weighted by Gasteiger charge is -2.08. The molecule has 0 aliphatic heterocycles. The Balaban J connectivity index is 1.74. The Kier molecular flexibility index (Phi) is 6.08. The minimum Gasteiger partial charge on any atom is -0.494 e. The van der Waals surface area contributed by atoms with Crippen LogP contribution < -0.4 is 4.74 Å². The van der Waals surface area contributed by atoms with Gasteiger partial charge in [-0.25, -0.2) is 0 Å². The van der Waals surface area contributed by atoms with Crippen molar-refractivity contribution in [2.24, 2.45) is 0 Å². The average Bonchev–Trinajstić information content (AvgIpc) is 2.51. The Morgan fingerprint density at radius 2 is 1.67 bits per heavy atom. The van der Waals surface area contributed by atoms with Crippen LogP contribution in [0.5, 0.6) is 5.75 Å². The Morgan fingerprint density at radius 1 is 0.952 bits per heavy atom. The fraction of sp³-hybridized carbons (Fsp3) is 0.300. The lowest BCUT2D eigenvalue weighted by atomic mass is 10.00. The molecule has 21 heavy (non-hydrogen) atoms. The van der Waals surface area contributed by atoms with Crippen LogP contribution in [0.25, 0.3) is 0 Å². The van der Waals surface area contributed by atoms with Gasteiger partial charge in [0.25, 0.3) is 0 Å². The summed E-state index contributed by atoms with van der Waals surface area (Å²) in [6.07, 6.45) is 4.34. The van der Waals surface area contributed by atoms with E-state index in [0.29, 0.717) is 6.61 Å². The van der Waals surface area contributed by atoms with Crippen LogP contribution >= 0.6 is 0 Å². The van der Waals surface area contributed by atoms with Crippen LogP contribution in [0.1, 0.15) is 30.9 Å². The number of allylic oxidation sites excluding steroid dienone is 1. The first kappa shape index (κ1) is 15.4. The van der Waals surface area contributed by atoms with Gasteiger partial charge >= 0.3 is 0 Å². The van der Waals surface area contributed by atoms with E-state index >= 15 is 0 Å². The molecule has 0 heterocycles. The second-order valence-corrected chi connectivity index (χ2v) is 5.34. The van der Waals surface area contributed by atoms with Crippen LogP contribution in [-0.2, 0) is 12.8 Å². The number of aryl methyl sites for hydroxylation is 1. The second-order valence-electron chi connectivity index (χ2n) is 5.34. The molecule has 0 spiro atoms. The van der Waals surface area contributed by atoms with Gasteiger partial charge in [-0.2, -0.15) is 0 Å². The summed E-state index contributed by atoms with van der Waals surface area (Å²) in [6.45, 7) is 6.92. The normalized spacial score (nSPS) is 10.3. The van der Waals surface area contributed by atoms with Crippen LogP contribution in [0.15, 0.2) is 66.7 Å². The zero-order valence-corrected chi connectivity index (χ0v) is 12.8. The van der Waals surface area contributed by atoms with E-state index in [0.717, 1.165) is 25.0 Å². The predicted molar refractivity (Wildman–Crippen MR) is 89.8 cm³/mol. The van der Waals surface area contributed by atoms with Gasteiger partial charge < -0.3 is 4.74 Å². The highest BCUT2D eigenvalue weighted by atomic mass is 16.5. The molecule has 2 rings (SSSR count). The minimum absolute atomic E-state index is 0.714. The molecule has 2 aromatic rings. The molecule has 0 saturated heterocycles. The molecule has 0 radical (unpaired) electrons. The summed E-state index contributed by atoms with van der Waals surface area (Å²) in [6, 6.07) is 19.0. The van der Waals surface area contributed by atoms with Gasteiger partial charge in [-0.05, 0) is 55.9 Å². The average molecular weight is 280 g/mol. The molecule has 0 aromatic heterocycles. The van der Waals surface area contributed by atoms with Crippen LogP contribution in [0.3, 0.4) is 0 Å². The molecule has 0 aliphatic rings. The second kappa shape index (κ2) is 8.31. The fourth-order valence-electron chi connectivity index (χ4n) is 2.43. The van der Waals surface area contributed by atoms with Crippen LogP contribution in [0.4, 0.5) is 0 Å². The third-order valence-electron chi connectivity index (χ3n) is 3.53. The van der Waals surface area contributed by atoms with Gasteiger partial charge in [0.05, 0.1) is 6.61 Å². The summed E-state index contributed by atoms with van der Waals surface area (Å²) in [5, 5.41) is 0. The van der Waals surface area contributed by atoms with Crippen molar-refractivity contribution in [2.75, 3.05) is 6.61 Å². The molecule has 0 unspecified atom stereocenters. The van der Waals surface area contributed by atoms with Crippen molar-refractivity contribution in [3.63, 3.8) is 0 Å². The van der Waals surface area contributed by atoms with E-state index in [1.165, 1.54) is 23.1 Å². The van der Waals surface area contributed by atoms with E-state index in [2.05, 4.69) is 49.0 Å². The number of ether oxygens (including phenoxy) is 1. The molecule has 1 heteroatoms. The molecule has 110 valence electrons. The molecule has 0 saturated carbocycles. The maximum atomic E-state index is 5.46. The molecule has 0 N–H and O–H groups in total. The molecule has 0 bridgehead atoms. The highest BCUT2D eigenvalue weighted by Gasteiger charge is 2.00. The summed E-state index contributed by atoms with van der Waals surface area (Å²) in [5.41, 5.74) is 4.02. The summed E-state index contributed by atoms with van der Waals surface area (Å²) >= 11 is 0. The summed E-state index contributed by atoms with van der Waals surface area (Å²) in [7, 11) is 0. The Morgan fingerprint density at radius 3 is 2.33 bits per heavy atom. The predicted octanol–water partition coefficient (Wildman–Crippen LogP) is 5.21. The fourth-order valence-corrected chi connectivity index (χ4v) is 2.43. The Bertz CT molecular complexity index is 540. The lowest BCUT2D eigenvalue weighted by Crippen LogP contribution is -1.94. The first-order chi connectivity index (χ1) is 10.3. The van der Waals surface area contributed by atoms with E-state index < -0.39 is 0 Å². The van der Waals surface area contributed by atoms with Crippen LogP contribution in [-0.4, -0.2) is 6.61 Å². The highest BCUT2D eigenvalue weighted by molar-refractivity contribution is 5.29. The standard InChI is InChI=1S/C20H24O/c1-3-21-20-14-12-19(13-15-20)16-17(2)8-7-11-18-9-5-4-6-10-18/h4-6,9-10,12-15H,2-3,7-8,11,16H2,1H3. The first-order valence-electron chi connectivity index (χ1n) is 7.70. The number of hydrogen-bond donors (Lipinski definition) is 0. The summed E-state index contributed by atoms with van der Waals surface area (Å²) < 4.78 is 5.46. The SMILES string of the molecule is C=C(CCCc1ccccc1)Cc1ccc(OCC)cc1. The largest absolute Gasteiger partial charge is 0.494 e. The van der Waals surface area contributed by atoms with Crippen molar-refractivity contribution >= 4 is 0 Å². The number of rotatable bonds is 8. The van der Waals surface area contributed by atoms with Crippen molar-refractivity contribution < 1.29 is 4.74 Å². The van der Waals surface area contributed by atoms with Gasteiger partial charge in [-0.1, -0.05) is 54.6 Å². The van der Waals surface area contributed by atoms with Crippen molar-refractivity contribution in [1.29, 1.82) is 0 Å². The summed E-state index contributed by atoms with van der Waals surface area (Å²) in [5.74, 6) is 0.941. The maximum absolute atomic E-state index is 5.46. The molecule has 0 atom stereocenters. The molecule has 1 nitrogen and oxygen atoms in total. The van der Waals surface area contributed by atoms with Gasteiger partial charge in [-0.15, -0.1) is 0 Å². The number of hydrogen-bond acceptors (Lipinski definition) is 1. The van der Waals surface area contributed by atoms with Crippen molar-refractivity contribution in [3.05, 3.63) is 77.9 Å². The Hall–Kier alpha value is -2.02. The van der Waals surface area contributed by atoms with Gasteiger partial charge in [0.15, 0.2) is 0 Å². The van der Waals surface area contributed by atoms with E-state index in [1.807, 2.05) is 19.1 Å². The first-order valence-corrected chi connectivity index (χ1v) is 7.70. The lowest BCUT2D eigenvalue weighted by molar-refractivity contribution is 0.340. The van der Waals surface area contributed by atoms with Gasteiger partial charge in [0.2, 0.25) is 0 Å². The van der Waals surface area contributed by atoms with Crippen molar-refractivity contribution in [3.8, 4) is 5.75 Å². The molecule has 2 aromatic carbocycles. The minimum atomic E-state index is 0.714. The Labute approximate surface area is 128 Å². The monoisotopic (exact) mass is 280 g/mol. The van der Waals surface area contributed by atoms with Crippen LogP contribution in [0, 0.1) is 0 Å². The highest BCUT2D eigenvalue weighted by Crippen LogP contribution is 2.17. The molecule has 0 fully saturated rings. The quantitative estimate of drug-likeness (QED) is 0.603. The van der Waals surface area contributed by atoms with E-state index in [9.17, 15) is 0 Å².